The molecule has 0 radical (unpaired) electrons. The molecule has 100 valence electrons. The van der Waals surface area contributed by atoms with E-state index in [1.54, 1.807) is 13.1 Å². The minimum Gasteiger partial charge on any atom is -0.373 e. The summed E-state index contributed by atoms with van der Waals surface area (Å²) in [5.41, 5.74) is 0.667. The molecule has 0 aliphatic heterocycles. The van der Waals surface area contributed by atoms with Crippen molar-refractivity contribution < 1.29 is 0 Å². The van der Waals surface area contributed by atoms with Gasteiger partial charge in [-0.25, -0.2) is 15.0 Å². The molecule has 6 nitrogen and oxygen atoms in total. The zero-order valence-electron chi connectivity index (χ0n) is 10.8. The molecule has 0 unspecified atom stereocenters. The number of nitrogens with one attached hydrogen (secondary N) is 2. The predicted octanol–water partition coefficient (Wildman–Crippen LogP) is 1.71. The largest absolute Gasteiger partial charge is 0.373 e. The lowest BCUT2D eigenvalue weighted by molar-refractivity contribution is 0.815. The number of hydrogen-bond donors (Lipinski definition) is 2. The molecule has 0 fully saturated rings. The molecule has 0 spiro atoms. The molecule has 2 aromatic rings. The molecular weight excluding hydrogens is 262 g/mol. The Balaban J connectivity index is 2.24. The van der Waals surface area contributed by atoms with Crippen LogP contribution in [0.15, 0.2) is 33.4 Å². The number of anilines is 1. The van der Waals surface area contributed by atoms with Crippen molar-refractivity contribution in [1.82, 2.24) is 19.9 Å². The SMILES string of the molecule is CCCc1cc(=O)[nH]c(Sc2cc(NC)ncn2)n1. The second-order valence-electron chi connectivity index (χ2n) is 3.89. The third kappa shape index (κ3) is 3.78. The van der Waals surface area contributed by atoms with Crippen LogP contribution in [0.4, 0.5) is 5.82 Å². The van der Waals surface area contributed by atoms with Gasteiger partial charge in [-0.1, -0.05) is 13.3 Å². The summed E-state index contributed by atoms with van der Waals surface area (Å²) in [6, 6.07) is 3.34. The molecule has 0 saturated carbocycles. The summed E-state index contributed by atoms with van der Waals surface area (Å²) in [4.78, 5) is 26.8. The van der Waals surface area contributed by atoms with Crippen LogP contribution < -0.4 is 10.9 Å². The summed E-state index contributed by atoms with van der Waals surface area (Å²) in [6.07, 6.45) is 3.23. The Morgan fingerprint density at radius 2 is 2.21 bits per heavy atom. The molecule has 0 atom stereocenters. The summed E-state index contributed by atoms with van der Waals surface area (Å²) >= 11 is 1.31. The molecular formula is C12H15N5OS. The first-order chi connectivity index (χ1) is 9.21. The van der Waals surface area contributed by atoms with E-state index < -0.39 is 0 Å². The second-order valence-corrected chi connectivity index (χ2v) is 4.89. The van der Waals surface area contributed by atoms with Crippen LogP contribution in [0.1, 0.15) is 19.0 Å². The third-order valence-corrected chi connectivity index (χ3v) is 3.20. The van der Waals surface area contributed by atoms with Gasteiger partial charge in [0.15, 0.2) is 5.16 Å². The van der Waals surface area contributed by atoms with Gasteiger partial charge in [0.2, 0.25) is 0 Å². The Bertz CT molecular complexity index is 613. The van der Waals surface area contributed by atoms with Crippen LogP contribution in [0.25, 0.3) is 0 Å². The van der Waals surface area contributed by atoms with E-state index in [2.05, 4.69) is 32.2 Å². The van der Waals surface area contributed by atoms with E-state index in [1.807, 2.05) is 0 Å². The average Bonchev–Trinajstić information content (AvgIpc) is 2.38. The van der Waals surface area contributed by atoms with Gasteiger partial charge >= 0.3 is 0 Å². The molecule has 2 N–H and O–H groups in total. The van der Waals surface area contributed by atoms with Crippen LogP contribution in [-0.2, 0) is 6.42 Å². The maximum absolute atomic E-state index is 11.5. The molecule has 0 aliphatic rings. The van der Waals surface area contributed by atoms with Gasteiger partial charge in [-0.3, -0.25) is 4.79 Å². The zero-order valence-corrected chi connectivity index (χ0v) is 11.6. The maximum atomic E-state index is 11.5. The molecule has 7 heteroatoms. The summed E-state index contributed by atoms with van der Waals surface area (Å²) in [5.74, 6) is 0.726. The van der Waals surface area contributed by atoms with Crippen LogP contribution in [0.2, 0.25) is 0 Å². The van der Waals surface area contributed by atoms with Crippen LogP contribution in [0, 0.1) is 0 Å². The normalized spacial score (nSPS) is 10.4. The Morgan fingerprint density at radius 3 is 2.95 bits per heavy atom. The van der Waals surface area contributed by atoms with E-state index in [-0.39, 0.29) is 5.56 Å². The fraction of sp³-hybridized carbons (Fsp3) is 0.333. The lowest BCUT2D eigenvalue weighted by Gasteiger charge is -2.04. The number of hydrogen-bond acceptors (Lipinski definition) is 6. The highest BCUT2D eigenvalue weighted by Gasteiger charge is 2.05. The summed E-state index contributed by atoms with van der Waals surface area (Å²) in [7, 11) is 1.79. The molecule has 0 bridgehead atoms. The minimum atomic E-state index is -0.135. The van der Waals surface area contributed by atoms with Gasteiger partial charge in [-0.2, -0.15) is 0 Å². The van der Waals surface area contributed by atoms with Crippen molar-refractivity contribution in [1.29, 1.82) is 0 Å². The van der Waals surface area contributed by atoms with Gasteiger partial charge in [0.1, 0.15) is 17.2 Å². The van der Waals surface area contributed by atoms with E-state index in [0.717, 1.165) is 29.4 Å². The quantitative estimate of drug-likeness (QED) is 0.639. The maximum Gasteiger partial charge on any atom is 0.251 e. The topological polar surface area (TPSA) is 83.6 Å². The first-order valence-corrected chi connectivity index (χ1v) is 6.81. The van der Waals surface area contributed by atoms with Gasteiger partial charge in [-0.05, 0) is 18.2 Å². The molecule has 0 aliphatic carbocycles. The van der Waals surface area contributed by atoms with Crippen LogP contribution in [-0.4, -0.2) is 27.0 Å². The first kappa shape index (κ1) is 13.5. The van der Waals surface area contributed by atoms with Crippen molar-refractivity contribution in [2.45, 2.75) is 29.9 Å². The lowest BCUT2D eigenvalue weighted by Crippen LogP contribution is -2.10. The van der Waals surface area contributed by atoms with Crippen molar-refractivity contribution in [2.24, 2.45) is 0 Å². The number of H-pyrrole nitrogens is 1. The van der Waals surface area contributed by atoms with E-state index in [9.17, 15) is 4.79 Å². The fourth-order valence-electron chi connectivity index (χ4n) is 1.55. The van der Waals surface area contributed by atoms with E-state index in [4.69, 9.17) is 0 Å². The van der Waals surface area contributed by atoms with E-state index in [0.29, 0.717) is 5.16 Å². The summed E-state index contributed by atoms with van der Waals surface area (Å²) in [6.45, 7) is 2.05. The highest BCUT2D eigenvalue weighted by Crippen LogP contribution is 2.22. The van der Waals surface area contributed by atoms with Crippen molar-refractivity contribution in [3.63, 3.8) is 0 Å². The van der Waals surface area contributed by atoms with E-state index >= 15 is 0 Å². The van der Waals surface area contributed by atoms with E-state index in [1.165, 1.54) is 24.2 Å². The highest BCUT2D eigenvalue weighted by molar-refractivity contribution is 7.99. The van der Waals surface area contributed by atoms with Crippen molar-refractivity contribution >= 4 is 17.6 Å². The third-order valence-electron chi connectivity index (χ3n) is 2.38. The monoisotopic (exact) mass is 277 g/mol. The number of nitrogens with zero attached hydrogens (tertiary/aromatic N) is 3. The standard InChI is InChI=1S/C12H15N5OS/c1-3-4-8-5-10(18)17-12(16-8)19-11-6-9(13-2)14-7-15-11/h5-7H,3-4H2,1-2H3,(H,13,14,15)(H,16,17,18). The Kier molecular flexibility index (Phi) is 4.51. The summed E-state index contributed by atoms with van der Waals surface area (Å²) in [5, 5.41) is 4.22. The van der Waals surface area contributed by atoms with Crippen LogP contribution in [0.5, 0.6) is 0 Å². The molecule has 0 saturated heterocycles. The zero-order chi connectivity index (χ0) is 13.7. The van der Waals surface area contributed by atoms with Crippen molar-refractivity contribution in [2.75, 3.05) is 12.4 Å². The van der Waals surface area contributed by atoms with Gasteiger partial charge in [0.25, 0.3) is 5.56 Å². The van der Waals surface area contributed by atoms with Gasteiger partial charge in [-0.15, -0.1) is 0 Å². The van der Waals surface area contributed by atoms with Crippen LogP contribution >= 0.6 is 11.8 Å². The summed E-state index contributed by atoms with van der Waals surface area (Å²) < 4.78 is 0. The molecule has 2 heterocycles. The smallest absolute Gasteiger partial charge is 0.251 e. The van der Waals surface area contributed by atoms with Crippen molar-refractivity contribution in [3.05, 3.63) is 34.5 Å². The number of rotatable bonds is 5. The molecule has 2 rings (SSSR count). The molecule has 0 aromatic carbocycles. The number of aryl methyl sites for hydroxylation is 1. The van der Waals surface area contributed by atoms with Gasteiger partial charge in [0.05, 0.1) is 0 Å². The first-order valence-electron chi connectivity index (χ1n) is 5.99. The van der Waals surface area contributed by atoms with Gasteiger partial charge < -0.3 is 10.3 Å². The average molecular weight is 277 g/mol. The Hall–Kier alpha value is -1.89. The fourth-order valence-corrected chi connectivity index (χ4v) is 2.33. The molecule has 2 aromatic heterocycles. The Morgan fingerprint density at radius 1 is 1.37 bits per heavy atom. The predicted molar refractivity (Wildman–Crippen MR) is 74.6 cm³/mol. The number of aromatic amines is 1. The van der Waals surface area contributed by atoms with Crippen molar-refractivity contribution in [3.8, 4) is 0 Å². The second kappa shape index (κ2) is 6.33. The van der Waals surface area contributed by atoms with Crippen LogP contribution in [0.3, 0.4) is 0 Å². The minimum absolute atomic E-state index is 0.135. The molecule has 19 heavy (non-hydrogen) atoms. The van der Waals surface area contributed by atoms with Gasteiger partial charge in [0, 0.05) is 24.9 Å². The highest BCUT2D eigenvalue weighted by atomic mass is 32.2. The lowest BCUT2D eigenvalue weighted by atomic mass is 10.2. The molecule has 0 amide bonds. The Labute approximate surface area is 115 Å². The number of aromatic nitrogens is 4.